The molecule has 0 saturated heterocycles. The van der Waals surface area contributed by atoms with Gasteiger partial charge in [-0.2, -0.15) is 0 Å². The van der Waals surface area contributed by atoms with E-state index in [1.165, 1.54) is 0 Å². The summed E-state index contributed by atoms with van der Waals surface area (Å²) in [6, 6.07) is 0. The molecule has 0 atom stereocenters. The lowest BCUT2D eigenvalue weighted by atomic mass is 10.6. The summed E-state index contributed by atoms with van der Waals surface area (Å²) in [5.74, 6) is -1.38. The first-order chi connectivity index (χ1) is 6.52. The van der Waals surface area contributed by atoms with Crippen molar-refractivity contribution in [3.05, 3.63) is 0 Å². The van der Waals surface area contributed by atoms with Gasteiger partial charge in [0.2, 0.25) is 12.2 Å². The van der Waals surface area contributed by atoms with Crippen LogP contribution in [0.2, 0.25) is 0 Å². The maximum atomic E-state index is 11.2. The van der Waals surface area contributed by atoms with Crippen molar-refractivity contribution in [2.24, 2.45) is 0 Å². The topological polar surface area (TPSA) is 92.3 Å². The van der Waals surface area contributed by atoms with Crippen molar-refractivity contribution < 1.29 is 18.0 Å². The van der Waals surface area contributed by atoms with Crippen LogP contribution in [-0.4, -0.2) is 35.2 Å². The van der Waals surface area contributed by atoms with E-state index in [9.17, 15) is 18.0 Å². The molecule has 0 rings (SSSR count). The number of hydrogen-bond donors (Lipinski definition) is 2. The predicted octanol–water partition coefficient (Wildman–Crippen LogP) is 0.0169. The van der Waals surface area contributed by atoms with E-state index in [0.717, 1.165) is 6.26 Å². The van der Waals surface area contributed by atoms with Gasteiger partial charge in [-0.15, -0.1) is 0 Å². The molecule has 0 saturated carbocycles. The van der Waals surface area contributed by atoms with Crippen LogP contribution in [0.15, 0.2) is 0 Å². The van der Waals surface area contributed by atoms with Crippen LogP contribution < -0.4 is 10.0 Å². The summed E-state index contributed by atoms with van der Waals surface area (Å²) in [4.78, 5) is 22.1. The van der Waals surface area contributed by atoms with E-state index in [-0.39, 0.29) is 0 Å². The van der Waals surface area contributed by atoms with E-state index in [0.29, 0.717) is 0 Å². The fourth-order valence-corrected chi connectivity index (χ4v) is 1.41. The van der Waals surface area contributed by atoms with Crippen LogP contribution in [0.1, 0.15) is 0 Å². The molecule has 0 unspecified atom stereocenters. The highest BCUT2D eigenvalue weighted by Gasteiger charge is 2.28. The molecule has 0 aromatic heterocycles. The van der Waals surface area contributed by atoms with Gasteiger partial charge >= 0.3 is 0 Å². The molecule has 0 aliphatic carbocycles. The summed E-state index contributed by atoms with van der Waals surface area (Å²) in [5, 5.41) is 2.19. The van der Waals surface area contributed by atoms with Gasteiger partial charge < -0.3 is 5.32 Å². The fraction of sp³-hybridized carbons (Fsp3) is 0.600. The standard InChI is InChI=1S/C5H7Br3N2O4S/c1-15(13,14)10-3(11)2-9-4(12)5(6,7)8/h2H2,1H3,(H,9,12)(H,10,11). The second-order valence-electron chi connectivity index (χ2n) is 2.48. The maximum Gasteiger partial charge on any atom is 0.259 e. The maximum absolute atomic E-state index is 11.2. The second-order valence-corrected chi connectivity index (χ2v) is 11.0. The number of halogens is 3. The van der Waals surface area contributed by atoms with Crippen molar-refractivity contribution in [1.29, 1.82) is 0 Å². The van der Waals surface area contributed by atoms with Gasteiger partial charge in [-0.05, 0) is 47.8 Å². The second kappa shape index (κ2) is 5.60. The average Bonchev–Trinajstić information content (AvgIpc) is 1.94. The molecular formula is C5H7Br3N2O4S. The molecule has 15 heavy (non-hydrogen) atoms. The SMILES string of the molecule is CS(=O)(=O)NC(=O)CNC(=O)C(Br)(Br)Br. The molecule has 0 aliphatic rings. The zero-order valence-electron chi connectivity index (χ0n) is 7.38. The van der Waals surface area contributed by atoms with E-state index in [1.54, 1.807) is 4.72 Å². The van der Waals surface area contributed by atoms with Gasteiger partial charge in [-0.3, -0.25) is 14.3 Å². The largest absolute Gasteiger partial charge is 0.344 e. The highest BCUT2D eigenvalue weighted by atomic mass is 80.0. The Labute approximate surface area is 112 Å². The summed E-state index contributed by atoms with van der Waals surface area (Å²) in [5.41, 5.74) is 0. The normalized spacial score (nSPS) is 12.0. The van der Waals surface area contributed by atoms with Crippen LogP contribution in [0, 0.1) is 0 Å². The Morgan fingerprint density at radius 2 is 1.73 bits per heavy atom. The Bertz CT molecular complexity index is 361. The molecule has 10 heteroatoms. The van der Waals surface area contributed by atoms with Gasteiger partial charge in [0.05, 0.1) is 12.8 Å². The number of sulfonamides is 1. The summed E-state index contributed by atoms with van der Waals surface area (Å²) in [6.45, 7) is -0.434. The molecule has 0 aromatic rings. The monoisotopic (exact) mass is 428 g/mol. The van der Waals surface area contributed by atoms with E-state index >= 15 is 0 Å². The van der Waals surface area contributed by atoms with Crippen LogP contribution >= 0.6 is 47.8 Å². The summed E-state index contributed by atoms with van der Waals surface area (Å²) < 4.78 is 21.8. The van der Waals surface area contributed by atoms with E-state index in [4.69, 9.17) is 0 Å². The fourth-order valence-electron chi connectivity index (χ4n) is 0.504. The minimum absolute atomic E-state index is 0.434. The third-order valence-electron chi connectivity index (χ3n) is 0.966. The van der Waals surface area contributed by atoms with Crippen molar-refractivity contribution in [2.75, 3.05) is 12.8 Å². The predicted molar refractivity (Wildman–Crippen MR) is 65.5 cm³/mol. The highest BCUT2D eigenvalue weighted by Crippen LogP contribution is 2.33. The number of amides is 2. The van der Waals surface area contributed by atoms with Gasteiger partial charge in [0.1, 0.15) is 0 Å². The zero-order valence-corrected chi connectivity index (χ0v) is 13.0. The van der Waals surface area contributed by atoms with Gasteiger partial charge in [-0.1, -0.05) is 0 Å². The van der Waals surface area contributed by atoms with Crippen LogP contribution in [0.4, 0.5) is 0 Å². The van der Waals surface area contributed by atoms with Gasteiger partial charge in [-0.25, -0.2) is 8.42 Å². The first kappa shape index (κ1) is 15.3. The molecule has 6 nitrogen and oxygen atoms in total. The molecule has 0 spiro atoms. The molecule has 2 amide bonds. The number of hydrogen-bond acceptors (Lipinski definition) is 4. The number of carbonyl (C=O) groups excluding carboxylic acids is 2. The van der Waals surface area contributed by atoms with E-state index < -0.39 is 30.5 Å². The molecule has 0 heterocycles. The minimum Gasteiger partial charge on any atom is -0.344 e. The molecule has 0 aromatic carbocycles. The third-order valence-corrected chi connectivity index (χ3v) is 2.65. The molecule has 2 N–H and O–H groups in total. The number of carbonyl (C=O) groups is 2. The van der Waals surface area contributed by atoms with Crippen molar-refractivity contribution >= 4 is 69.6 Å². The van der Waals surface area contributed by atoms with Crippen molar-refractivity contribution in [1.82, 2.24) is 10.0 Å². The quantitative estimate of drug-likeness (QED) is 0.617. The molecule has 0 bridgehead atoms. The summed E-state index contributed by atoms with van der Waals surface area (Å²) in [6.07, 6.45) is 0.844. The zero-order chi connectivity index (χ0) is 12.3. The Morgan fingerprint density at radius 3 is 2.07 bits per heavy atom. The first-order valence-corrected chi connectivity index (χ1v) is 7.65. The van der Waals surface area contributed by atoms with Crippen molar-refractivity contribution in [2.45, 2.75) is 2.14 Å². The Balaban J connectivity index is 4.09. The molecule has 88 valence electrons. The smallest absolute Gasteiger partial charge is 0.259 e. The molecule has 0 radical (unpaired) electrons. The third kappa shape index (κ3) is 8.17. The highest BCUT2D eigenvalue weighted by molar-refractivity contribution is 9.40. The van der Waals surface area contributed by atoms with E-state index in [2.05, 4.69) is 53.1 Å². The first-order valence-electron chi connectivity index (χ1n) is 3.38. The van der Waals surface area contributed by atoms with Gasteiger partial charge in [0.15, 0.2) is 0 Å². The Kier molecular flexibility index (Phi) is 5.72. The lowest BCUT2D eigenvalue weighted by molar-refractivity contribution is -0.124. The lowest BCUT2D eigenvalue weighted by Crippen LogP contribution is -2.42. The average molecular weight is 431 g/mol. The van der Waals surface area contributed by atoms with Crippen molar-refractivity contribution in [3.8, 4) is 0 Å². The van der Waals surface area contributed by atoms with Gasteiger partial charge in [0, 0.05) is 0 Å². The van der Waals surface area contributed by atoms with Crippen LogP contribution in [0.3, 0.4) is 0 Å². The van der Waals surface area contributed by atoms with E-state index in [1.807, 2.05) is 0 Å². The number of alkyl halides is 3. The van der Waals surface area contributed by atoms with Crippen LogP contribution in [0.25, 0.3) is 0 Å². The molecule has 0 aliphatic heterocycles. The molecular weight excluding hydrogens is 424 g/mol. The van der Waals surface area contributed by atoms with Crippen molar-refractivity contribution in [3.63, 3.8) is 0 Å². The Hall–Kier alpha value is 0.330. The van der Waals surface area contributed by atoms with Crippen LogP contribution in [0.5, 0.6) is 0 Å². The van der Waals surface area contributed by atoms with Crippen LogP contribution in [-0.2, 0) is 19.6 Å². The van der Waals surface area contributed by atoms with Gasteiger partial charge in [0.25, 0.3) is 11.8 Å². The minimum atomic E-state index is -3.59. The summed E-state index contributed by atoms with van der Waals surface area (Å²) in [7, 11) is -3.59. The number of nitrogens with one attached hydrogen (secondary N) is 2. The molecule has 0 fully saturated rings. The Morgan fingerprint density at radius 1 is 1.27 bits per heavy atom. The number of rotatable bonds is 3. The lowest BCUT2D eigenvalue weighted by Gasteiger charge is -2.11. The summed E-state index contributed by atoms with van der Waals surface area (Å²) >= 11 is 8.78.